The van der Waals surface area contributed by atoms with Gasteiger partial charge in [-0.2, -0.15) is 9.38 Å². The summed E-state index contributed by atoms with van der Waals surface area (Å²) >= 11 is 4.24. The first-order valence-corrected chi connectivity index (χ1v) is 11.1. The number of hydrogen-bond acceptors (Lipinski definition) is 4. The molecule has 3 rings (SSSR count). The van der Waals surface area contributed by atoms with Gasteiger partial charge >= 0.3 is 5.65 Å². The van der Waals surface area contributed by atoms with Crippen LogP contribution in [-0.2, 0) is 0 Å². The van der Waals surface area contributed by atoms with Crippen molar-refractivity contribution < 1.29 is 4.40 Å². The van der Waals surface area contributed by atoms with Gasteiger partial charge in [0.05, 0.1) is 6.20 Å². The van der Waals surface area contributed by atoms with Crippen LogP contribution >= 0.6 is 37.2 Å². The number of nitrogens with zero attached hydrogens (tertiary/aromatic N) is 3. The van der Waals surface area contributed by atoms with E-state index in [0.717, 1.165) is 0 Å². The van der Waals surface area contributed by atoms with Gasteiger partial charge in [-0.05, 0) is 17.1 Å². The van der Waals surface area contributed by atoms with E-state index in [1.54, 1.807) is 22.7 Å². The standard InChI is InChI=1S/C10H7N5O.I2/c11-8-7-9(13-5-12-8)15-4-2-1-3-6(15)10(16)14-7;1-2/h1-5,11,16H;/p+1. The van der Waals surface area contributed by atoms with Crippen molar-refractivity contribution in [2.45, 2.75) is 0 Å². The molecule has 0 aliphatic heterocycles. The minimum atomic E-state index is -0.213. The fraction of sp³-hybridized carbons (Fsp3) is 0. The molecule has 3 aromatic heterocycles. The van der Waals surface area contributed by atoms with Gasteiger partial charge in [0.25, 0.3) is 5.56 Å². The van der Waals surface area contributed by atoms with Crippen LogP contribution in [0.25, 0.3) is 16.7 Å². The molecule has 3 aromatic rings. The van der Waals surface area contributed by atoms with Crippen molar-refractivity contribution in [3.8, 4) is 0 Å². The van der Waals surface area contributed by atoms with Crippen LogP contribution in [-0.4, -0.2) is 15.0 Å². The summed E-state index contributed by atoms with van der Waals surface area (Å²) in [6, 6.07) is 5.34. The Morgan fingerprint density at radius 2 is 2.06 bits per heavy atom. The van der Waals surface area contributed by atoms with E-state index in [9.17, 15) is 4.79 Å². The number of aromatic nitrogens is 4. The zero-order valence-corrected chi connectivity index (χ0v) is 13.3. The molecule has 0 bridgehead atoms. The first kappa shape index (κ1) is 13.4. The highest BCUT2D eigenvalue weighted by Crippen LogP contribution is 2.07. The SMILES string of the molecule is II.Nc1ncnc2c1[nH]c(=O)c1cccc[n+]12. The van der Waals surface area contributed by atoms with Crippen LogP contribution in [0.4, 0.5) is 5.82 Å². The maximum Gasteiger partial charge on any atom is 0.357 e. The number of nitrogens with one attached hydrogen (secondary N) is 1. The van der Waals surface area contributed by atoms with E-state index < -0.39 is 0 Å². The topological polar surface area (TPSA) is 88.8 Å². The molecular formula is C10H8I2N5O+. The summed E-state index contributed by atoms with van der Waals surface area (Å²) in [5.74, 6) is 0.264. The summed E-state index contributed by atoms with van der Waals surface area (Å²) in [4.78, 5) is 22.4. The lowest BCUT2D eigenvalue weighted by Crippen LogP contribution is -2.31. The number of nitrogens with two attached hydrogens (primary N) is 1. The number of rotatable bonds is 0. The molecular weight excluding hydrogens is 460 g/mol. The number of nitrogen functional groups attached to an aromatic ring is 1. The summed E-state index contributed by atoms with van der Waals surface area (Å²) < 4.78 is 1.69. The smallest absolute Gasteiger partial charge is 0.357 e. The predicted molar refractivity (Wildman–Crippen MR) is 85.8 cm³/mol. The van der Waals surface area contributed by atoms with Crippen molar-refractivity contribution in [3.63, 3.8) is 0 Å². The maximum atomic E-state index is 11.8. The molecule has 92 valence electrons. The van der Waals surface area contributed by atoms with Crippen LogP contribution < -0.4 is 15.7 Å². The van der Waals surface area contributed by atoms with E-state index in [1.165, 1.54) is 6.33 Å². The van der Waals surface area contributed by atoms with Gasteiger partial charge in [0.1, 0.15) is 0 Å². The number of halogens is 2. The normalized spacial score (nSPS) is 10.1. The first-order chi connectivity index (χ1) is 8.77. The Balaban J connectivity index is 0.000000574. The zero-order valence-electron chi connectivity index (χ0n) is 8.97. The van der Waals surface area contributed by atoms with E-state index in [0.29, 0.717) is 16.7 Å². The van der Waals surface area contributed by atoms with Gasteiger partial charge in [-0.1, -0.05) is 6.07 Å². The molecule has 8 heteroatoms. The Morgan fingerprint density at radius 3 is 2.83 bits per heavy atom. The molecule has 3 N–H and O–H groups in total. The van der Waals surface area contributed by atoms with Gasteiger partial charge in [-0.15, -0.1) is 0 Å². The Hall–Kier alpha value is -1.04. The largest absolute Gasteiger partial charge is 0.382 e. The highest BCUT2D eigenvalue weighted by molar-refractivity contribution is 15.0. The molecule has 0 saturated carbocycles. The lowest BCUT2D eigenvalue weighted by Gasteiger charge is -1.97. The van der Waals surface area contributed by atoms with Crippen LogP contribution in [0.2, 0.25) is 0 Å². The first-order valence-electron chi connectivity index (χ1n) is 4.84. The van der Waals surface area contributed by atoms with E-state index in [2.05, 4.69) is 52.2 Å². The lowest BCUT2D eigenvalue weighted by atomic mass is 10.3. The Morgan fingerprint density at radius 1 is 1.28 bits per heavy atom. The number of aromatic amines is 1. The molecule has 0 amide bonds. The predicted octanol–water partition coefficient (Wildman–Crippen LogP) is 1.41. The monoisotopic (exact) mass is 468 g/mol. The van der Waals surface area contributed by atoms with Gasteiger partial charge in [0.2, 0.25) is 6.33 Å². The van der Waals surface area contributed by atoms with E-state index >= 15 is 0 Å². The lowest BCUT2D eigenvalue weighted by molar-refractivity contribution is -0.485. The van der Waals surface area contributed by atoms with Crippen LogP contribution in [0, 0.1) is 0 Å². The minimum absolute atomic E-state index is 0.213. The molecule has 0 spiro atoms. The van der Waals surface area contributed by atoms with Crippen molar-refractivity contribution in [2.24, 2.45) is 0 Å². The molecule has 0 atom stereocenters. The summed E-state index contributed by atoms with van der Waals surface area (Å²) in [5, 5.41) is 0. The molecule has 0 saturated heterocycles. The van der Waals surface area contributed by atoms with Crippen molar-refractivity contribution in [3.05, 3.63) is 41.1 Å². The Kier molecular flexibility index (Phi) is 4.27. The maximum absolute atomic E-state index is 11.8. The summed E-state index contributed by atoms with van der Waals surface area (Å²) in [6.45, 7) is 0. The third kappa shape index (κ3) is 2.25. The molecule has 0 radical (unpaired) electrons. The van der Waals surface area contributed by atoms with Crippen LogP contribution in [0.1, 0.15) is 0 Å². The minimum Gasteiger partial charge on any atom is -0.382 e. The molecule has 0 aromatic carbocycles. The average Bonchev–Trinajstić information content (AvgIpc) is 2.43. The fourth-order valence-electron chi connectivity index (χ4n) is 1.68. The third-order valence-electron chi connectivity index (χ3n) is 2.42. The number of anilines is 1. The quantitative estimate of drug-likeness (QED) is 0.297. The fourth-order valence-corrected chi connectivity index (χ4v) is 1.68. The molecule has 0 aliphatic carbocycles. The summed E-state index contributed by atoms with van der Waals surface area (Å²) in [6.07, 6.45) is 3.13. The number of hydrogen-bond donors (Lipinski definition) is 2. The van der Waals surface area contributed by atoms with Gasteiger partial charge < -0.3 is 10.7 Å². The molecule has 0 unspecified atom stereocenters. The van der Waals surface area contributed by atoms with Gasteiger partial charge in [0.15, 0.2) is 16.9 Å². The highest BCUT2D eigenvalue weighted by Gasteiger charge is 2.14. The Bertz CT molecular complexity index is 758. The van der Waals surface area contributed by atoms with Gasteiger partial charge in [-0.25, -0.2) is 0 Å². The highest BCUT2D eigenvalue weighted by atomic mass is 128. The summed E-state index contributed by atoms with van der Waals surface area (Å²) in [5.41, 5.74) is 7.03. The molecule has 0 fully saturated rings. The van der Waals surface area contributed by atoms with Crippen LogP contribution in [0.5, 0.6) is 0 Å². The van der Waals surface area contributed by atoms with Crippen LogP contribution in [0.3, 0.4) is 0 Å². The number of pyridine rings is 1. The van der Waals surface area contributed by atoms with E-state index in [-0.39, 0.29) is 11.4 Å². The van der Waals surface area contributed by atoms with E-state index in [1.807, 2.05) is 6.07 Å². The zero-order chi connectivity index (χ0) is 13.1. The molecule has 3 heterocycles. The third-order valence-corrected chi connectivity index (χ3v) is 2.42. The second kappa shape index (κ2) is 5.73. The molecule has 0 aliphatic rings. The number of H-pyrrole nitrogens is 1. The number of fused-ring (bicyclic) bond motifs is 3. The van der Waals surface area contributed by atoms with Crippen molar-refractivity contribution in [2.75, 3.05) is 5.73 Å². The van der Waals surface area contributed by atoms with Crippen molar-refractivity contribution in [1.29, 1.82) is 0 Å². The molecule has 6 nitrogen and oxygen atoms in total. The van der Waals surface area contributed by atoms with Gasteiger partial charge in [0, 0.05) is 37.2 Å². The second-order valence-corrected chi connectivity index (χ2v) is 3.37. The average molecular weight is 468 g/mol. The summed E-state index contributed by atoms with van der Waals surface area (Å²) in [7, 11) is 0. The van der Waals surface area contributed by atoms with Crippen molar-refractivity contribution >= 4 is 59.7 Å². The van der Waals surface area contributed by atoms with Crippen LogP contribution in [0.15, 0.2) is 35.5 Å². The van der Waals surface area contributed by atoms with E-state index in [4.69, 9.17) is 5.73 Å². The molecule has 18 heavy (non-hydrogen) atoms. The Labute approximate surface area is 125 Å². The van der Waals surface area contributed by atoms with Gasteiger partial charge in [-0.3, -0.25) is 4.79 Å². The van der Waals surface area contributed by atoms with Crippen molar-refractivity contribution in [1.82, 2.24) is 15.0 Å². The second-order valence-electron chi connectivity index (χ2n) is 3.37.